The van der Waals surface area contributed by atoms with Gasteiger partial charge >= 0.3 is 13.8 Å². The van der Waals surface area contributed by atoms with Gasteiger partial charge in [-0.05, 0) is 44.9 Å². The van der Waals surface area contributed by atoms with Crippen LogP contribution < -0.4 is 0 Å². The van der Waals surface area contributed by atoms with Gasteiger partial charge in [0, 0.05) is 13.0 Å². The number of hydrogen-bond donors (Lipinski definition) is 6. The van der Waals surface area contributed by atoms with E-state index in [0.29, 0.717) is 13.0 Å². The summed E-state index contributed by atoms with van der Waals surface area (Å²) >= 11 is 0. The first-order valence-corrected chi connectivity index (χ1v) is 30.7. The van der Waals surface area contributed by atoms with E-state index in [1.807, 2.05) is 0 Å². The maximum atomic E-state index is 12.9. The monoisotopic (exact) mass is 1020 g/mol. The summed E-state index contributed by atoms with van der Waals surface area (Å²) in [6.45, 7) is 4.31. The molecule has 0 amide bonds. The third kappa shape index (κ3) is 38.4. The van der Waals surface area contributed by atoms with Gasteiger partial charge in [-0.3, -0.25) is 13.8 Å². The molecule has 0 aliphatic heterocycles. The Hall–Kier alpha value is -1.18. The topological polar surface area (TPSA) is 192 Å². The Kier molecular flexibility index (Phi) is 45.4. The summed E-state index contributed by atoms with van der Waals surface area (Å²) < 4.78 is 34.4. The Bertz CT molecular complexity index is 1250. The van der Waals surface area contributed by atoms with Crippen LogP contribution in [-0.2, 0) is 27.9 Å². The lowest BCUT2D eigenvalue weighted by atomic mass is 9.85. The van der Waals surface area contributed by atoms with E-state index in [2.05, 4.69) is 38.2 Å². The van der Waals surface area contributed by atoms with Crippen molar-refractivity contribution < 1.29 is 58.3 Å². The highest BCUT2D eigenvalue weighted by atomic mass is 31.2. The highest BCUT2D eigenvalue weighted by Crippen LogP contribution is 2.47. The van der Waals surface area contributed by atoms with Gasteiger partial charge in [0.2, 0.25) is 0 Å². The number of rotatable bonds is 51. The molecular formula is C57H109O12P. The van der Waals surface area contributed by atoms with Crippen molar-refractivity contribution in [1.82, 2.24) is 0 Å². The van der Waals surface area contributed by atoms with Crippen LogP contribution in [0.15, 0.2) is 24.3 Å². The molecule has 0 heterocycles. The number of phosphoric ester groups is 1. The second kappa shape index (κ2) is 47.5. The summed E-state index contributed by atoms with van der Waals surface area (Å²) in [6.07, 6.45) is 45.3. The maximum Gasteiger partial charge on any atom is 0.472 e. The van der Waals surface area contributed by atoms with Crippen molar-refractivity contribution >= 4 is 13.8 Å². The Morgan fingerprint density at radius 3 is 1.20 bits per heavy atom. The van der Waals surface area contributed by atoms with E-state index in [1.165, 1.54) is 193 Å². The quantitative estimate of drug-likeness (QED) is 0.0146. The lowest BCUT2D eigenvalue weighted by Crippen LogP contribution is -2.64. The predicted octanol–water partition coefficient (Wildman–Crippen LogP) is 14.0. The third-order valence-corrected chi connectivity index (χ3v) is 14.8. The lowest BCUT2D eigenvalue weighted by Gasteiger charge is -2.41. The Labute approximate surface area is 428 Å². The standard InChI is InChI=1S/C57H109O12P/c1-3-5-7-9-11-13-15-17-19-21-23-25-27-29-31-33-35-37-39-41-43-45-47-66-48-50(49-67-70(64,65)69-57-55(62)53(60)52(59)54(61)56(57)63)68-51(58)46-44-42-40-38-36-34-32-30-28-26-24-22-20-18-16-14-12-10-8-6-4-2/h16,18,22,24,50,52-57,59-63H,3-15,17,19-21,23,25-49H2,1-2H3,(H,64,65)/b18-16-,24-22-. The second-order valence-corrected chi connectivity index (χ2v) is 21.9. The first-order valence-electron chi connectivity index (χ1n) is 29.2. The molecule has 6 N–H and O–H groups in total. The Morgan fingerprint density at radius 1 is 0.457 bits per heavy atom. The van der Waals surface area contributed by atoms with Gasteiger partial charge in [-0.2, -0.15) is 0 Å². The van der Waals surface area contributed by atoms with Crippen molar-refractivity contribution in [1.29, 1.82) is 0 Å². The van der Waals surface area contributed by atoms with E-state index in [9.17, 15) is 39.8 Å². The van der Waals surface area contributed by atoms with Crippen molar-refractivity contribution in [2.24, 2.45) is 0 Å². The van der Waals surface area contributed by atoms with Crippen LogP contribution in [-0.4, -0.2) is 98.9 Å². The lowest BCUT2D eigenvalue weighted by molar-refractivity contribution is -0.220. The molecule has 1 rings (SSSR count). The molecule has 0 bridgehead atoms. The highest BCUT2D eigenvalue weighted by molar-refractivity contribution is 7.47. The first kappa shape index (κ1) is 66.8. The van der Waals surface area contributed by atoms with Crippen molar-refractivity contribution in [2.45, 2.75) is 313 Å². The second-order valence-electron chi connectivity index (χ2n) is 20.5. The normalized spacial score (nSPS) is 21.0. The van der Waals surface area contributed by atoms with Crippen LogP contribution in [0, 0.1) is 0 Å². The summed E-state index contributed by atoms with van der Waals surface area (Å²) in [5.41, 5.74) is 0. The molecule has 0 aromatic carbocycles. The fraction of sp³-hybridized carbons (Fsp3) is 0.912. The van der Waals surface area contributed by atoms with Crippen LogP contribution in [0.25, 0.3) is 0 Å². The van der Waals surface area contributed by atoms with E-state index in [-0.39, 0.29) is 13.0 Å². The van der Waals surface area contributed by atoms with E-state index >= 15 is 0 Å². The molecule has 6 atom stereocenters. The van der Waals surface area contributed by atoms with Crippen LogP contribution in [0.5, 0.6) is 0 Å². The number of carbonyl (C=O) groups is 1. The molecule has 1 aliphatic carbocycles. The van der Waals surface area contributed by atoms with Crippen molar-refractivity contribution in [3.63, 3.8) is 0 Å². The van der Waals surface area contributed by atoms with Gasteiger partial charge in [0.25, 0.3) is 0 Å². The number of allylic oxidation sites excluding steroid dienone is 4. The molecule has 6 unspecified atom stereocenters. The number of hydrogen-bond acceptors (Lipinski definition) is 11. The predicted molar refractivity (Wildman–Crippen MR) is 286 cm³/mol. The molecule has 13 heteroatoms. The van der Waals surface area contributed by atoms with Gasteiger partial charge in [0.15, 0.2) is 0 Å². The summed E-state index contributed by atoms with van der Waals surface area (Å²) in [5, 5.41) is 50.4. The van der Waals surface area contributed by atoms with Gasteiger partial charge in [-0.1, -0.05) is 244 Å². The molecule has 0 aromatic rings. The third-order valence-electron chi connectivity index (χ3n) is 13.8. The Balaban J connectivity index is 2.27. The number of unbranched alkanes of at least 4 members (excludes halogenated alkanes) is 35. The van der Waals surface area contributed by atoms with Gasteiger partial charge in [0.05, 0.1) is 13.2 Å². The zero-order valence-corrected chi connectivity index (χ0v) is 45.7. The average molecular weight is 1020 g/mol. The number of carbonyl (C=O) groups excluding carboxylic acids is 1. The van der Waals surface area contributed by atoms with Crippen LogP contribution in [0.2, 0.25) is 0 Å². The fourth-order valence-corrected chi connectivity index (χ4v) is 10.2. The molecule has 70 heavy (non-hydrogen) atoms. The van der Waals surface area contributed by atoms with Gasteiger partial charge in [-0.25, -0.2) is 4.57 Å². The zero-order valence-electron chi connectivity index (χ0n) is 44.8. The summed E-state index contributed by atoms with van der Waals surface area (Å²) in [4.78, 5) is 23.3. The number of esters is 1. The largest absolute Gasteiger partial charge is 0.472 e. The van der Waals surface area contributed by atoms with E-state index in [0.717, 1.165) is 51.4 Å². The molecule has 0 aromatic heterocycles. The number of ether oxygens (including phenoxy) is 2. The minimum Gasteiger partial charge on any atom is -0.457 e. The SMILES string of the molecule is CCCCCCC/C=C\C/C=C\CCCCCCCCCCCC(=O)OC(COCCCCCCCCCCCCCCCCCCCCCCCC)COP(=O)(O)OC1C(O)C(O)C(O)C(O)C1O. The van der Waals surface area contributed by atoms with Crippen LogP contribution in [0.1, 0.15) is 271 Å². The molecular weight excluding hydrogens is 908 g/mol. The van der Waals surface area contributed by atoms with Gasteiger partial charge in [-0.15, -0.1) is 0 Å². The van der Waals surface area contributed by atoms with Gasteiger partial charge < -0.3 is 39.9 Å². The smallest absolute Gasteiger partial charge is 0.457 e. The first-order chi connectivity index (χ1) is 34.0. The molecule has 1 aliphatic rings. The van der Waals surface area contributed by atoms with E-state index in [1.54, 1.807) is 0 Å². The van der Waals surface area contributed by atoms with E-state index < -0.39 is 63.1 Å². The zero-order chi connectivity index (χ0) is 51.2. The van der Waals surface area contributed by atoms with Crippen LogP contribution in [0.3, 0.4) is 0 Å². The summed E-state index contributed by atoms with van der Waals surface area (Å²) in [6, 6.07) is 0. The van der Waals surface area contributed by atoms with Crippen molar-refractivity contribution in [3.8, 4) is 0 Å². The minimum atomic E-state index is -5.02. The molecule has 1 fully saturated rings. The summed E-state index contributed by atoms with van der Waals surface area (Å²) in [5.74, 6) is -0.475. The van der Waals surface area contributed by atoms with E-state index in [4.69, 9.17) is 18.5 Å². The highest BCUT2D eigenvalue weighted by Gasteiger charge is 2.51. The average Bonchev–Trinajstić information content (AvgIpc) is 3.35. The number of aliphatic hydroxyl groups excluding tert-OH is 5. The van der Waals surface area contributed by atoms with Gasteiger partial charge in [0.1, 0.15) is 42.7 Å². The van der Waals surface area contributed by atoms with Crippen LogP contribution >= 0.6 is 7.82 Å². The number of phosphoric acid groups is 1. The molecule has 12 nitrogen and oxygen atoms in total. The molecule has 0 saturated heterocycles. The maximum absolute atomic E-state index is 12.9. The molecule has 0 radical (unpaired) electrons. The fourth-order valence-electron chi connectivity index (χ4n) is 9.21. The van der Waals surface area contributed by atoms with Crippen molar-refractivity contribution in [3.05, 3.63) is 24.3 Å². The molecule has 1 saturated carbocycles. The molecule has 414 valence electrons. The Morgan fingerprint density at radius 2 is 0.800 bits per heavy atom. The number of aliphatic hydroxyl groups is 5. The van der Waals surface area contributed by atoms with Crippen LogP contribution in [0.4, 0.5) is 0 Å². The van der Waals surface area contributed by atoms with Crippen molar-refractivity contribution in [2.75, 3.05) is 19.8 Å². The minimum absolute atomic E-state index is 0.0732. The molecule has 0 spiro atoms. The summed E-state index contributed by atoms with van der Waals surface area (Å²) in [7, 11) is -5.02.